The number of carbonyl (C=O) groups is 4. The third-order valence-corrected chi connectivity index (χ3v) is 14.8. The Hall–Kier alpha value is -5.45. The van der Waals surface area contributed by atoms with Crippen molar-refractivity contribution >= 4 is 44.7 Å². The molecular formula is C48H62FN5O10S. The molecule has 3 heterocycles. The molecule has 3 N–H and O–H groups in total. The summed E-state index contributed by atoms with van der Waals surface area (Å²) >= 11 is 0. The van der Waals surface area contributed by atoms with Gasteiger partial charge in [-0.1, -0.05) is 26.0 Å². The van der Waals surface area contributed by atoms with Crippen LogP contribution in [0.15, 0.2) is 60.7 Å². The van der Waals surface area contributed by atoms with E-state index in [4.69, 9.17) is 23.9 Å². The largest absolute Gasteiger partial charge is 0.497 e. The molecule has 2 aliphatic heterocycles. The first kappa shape index (κ1) is 47.5. The third-order valence-electron chi connectivity index (χ3n) is 12.7. The number of allylic oxidation sites excluding steroid dienone is 1. The number of methoxy groups -OCH3 is 1. The molecule has 0 spiro atoms. The average molecular weight is 920 g/mol. The SMILES string of the molecule is COc1ccc2c(O[C@@H]3C[C@H]4C(=O)N[C@]5(C(=O)NS(=O)(=O)C6(CF)CC6)C[C@H]5/C=C\CC[C@@H](C)C[C@@H](C)[C@H](NC(=O)OC(C)(C)C)C(=O)N4C3)cc(-c3ccc(OC(C)C)cc3)nc2c1. The normalized spacial score (nSPS) is 27.3. The number of alkyl carbamates (subject to hydrolysis) is 1. The number of nitrogens with one attached hydrogen (secondary N) is 3. The summed E-state index contributed by atoms with van der Waals surface area (Å²) in [5.74, 6) is -1.38. The van der Waals surface area contributed by atoms with E-state index >= 15 is 4.79 Å². The number of carbonyl (C=O) groups excluding carboxylic acids is 4. The van der Waals surface area contributed by atoms with Gasteiger partial charge in [0.05, 0.1) is 31.0 Å². The summed E-state index contributed by atoms with van der Waals surface area (Å²) in [4.78, 5) is 63.7. The van der Waals surface area contributed by atoms with Gasteiger partial charge in [0.2, 0.25) is 21.8 Å². The predicted molar refractivity (Wildman–Crippen MR) is 242 cm³/mol. The Morgan fingerprint density at radius 1 is 1.03 bits per heavy atom. The van der Waals surface area contributed by atoms with Crippen molar-refractivity contribution in [2.45, 2.75) is 134 Å². The van der Waals surface area contributed by atoms with Gasteiger partial charge in [-0.2, -0.15) is 0 Å². The maximum absolute atomic E-state index is 15.1. The molecule has 3 aromatic rings. The topological polar surface area (TPSA) is 192 Å². The summed E-state index contributed by atoms with van der Waals surface area (Å²) in [6, 6.07) is 12.4. The molecule has 4 amide bonds. The summed E-state index contributed by atoms with van der Waals surface area (Å²) in [7, 11) is -2.86. The number of benzene rings is 2. The Labute approximate surface area is 380 Å². The lowest BCUT2D eigenvalue weighted by molar-refractivity contribution is -0.142. The van der Waals surface area contributed by atoms with E-state index < -0.39 is 86.4 Å². The van der Waals surface area contributed by atoms with E-state index in [1.54, 1.807) is 46.1 Å². The van der Waals surface area contributed by atoms with Gasteiger partial charge in [-0.05, 0) is 121 Å². The second kappa shape index (κ2) is 18.4. The summed E-state index contributed by atoms with van der Waals surface area (Å²) < 4.78 is 64.9. The van der Waals surface area contributed by atoms with Crippen molar-refractivity contribution in [2.24, 2.45) is 17.8 Å². The number of ether oxygens (including phenoxy) is 4. The van der Waals surface area contributed by atoms with Crippen LogP contribution >= 0.6 is 0 Å². The van der Waals surface area contributed by atoms with Crippen LogP contribution in [0.25, 0.3) is 22.2 Å². The number of aromatic nitrogens is 1. The van der Waals surface area contributed by atoms with E-state index in [-0.39, 0.29) is 44.2 Å². The van der Waals surface area contributed by atoms with E-state index in [9.17, 15) is 27.2 Å². The number of sulfonamides is 1. The van der Waals surface area contributed by atoms with Crippen LogP contribution in [0.4, 0.5) is 9.18 Å². The zero-order valence-electron chi connectivity index (χ0n) is 38.4. The summed E-state index contributed by atoms with van der Waals surface area (Å²) in [5, 5.41) is 6.33. The van der Waals surface area contributed by atoms with Crippen molar-refractivity contribution in [1.29, 1.82) is 0 Å². The van der Waals surface area contributed by atoms with Gasteiger partial charge in [-0.15, -0.1) is 0 Å². The standard InChI is InChI=1S/C48H62FN5O10S/c1-28(2)62-33-15-13-31(14-16-33)37-24-40(36-18-17-34(61-8)22-38(36)50-37)63-35-23-39-42(55)52-48(44(57)53-65(59,60)47(27-49)19-20-47)25-32(48)12-10-9-11-29(3)21-30(4)41(43(56)54(39)26-35)51-45(58)64-46(5,6)7/h10,12-18,22,24,28-30,32,35,39,41H,9,11,19-21,23,25-27H2,1-8H3,(H,51,58)(H,52,55)(H,53,57)/b12-10-/t29-,30-,32-,35-,39+,41+,48-/m1/s1. The second-order valence-electron chi connectivity index (χ2n) is 19.5. The second-order valence-corrected chi connectivity index (χ2v) is 21.6. The number of fused-ring (bicyclic) bond motifs is 3. The Bertz CT molecular complexity index is 2440. The number of halogens is 1. The third kappa shape index (κ3) is 10.5. The monoisotopic (exact) mass is 919 g/mol. The molecule has 2 saturated carbocycles. The molecule has 65 heavy (non-hydrogen) atoms. The van der Waals surface area contributed by atoms with E-state index in [0.717, 1.165) is 5.56 Å². The first-order valence-electron chi connectivity index (χ1n) is 22.5. The highest BCUT2D eigenvalue weighted by Gasteiger charge is 2.64. The minimum Gasteiger partial charge on any atom is -0.497 e. The van der Waals surface area contributed by atoms with Crippen molar-refractivity contribution in [3.8, 4) is 28.5 Å². The highest BCUT2D eigenvalue weighted by Crippen LogP contribution is 2.48. The van der Waals surface area contributed by atoms with Crippen LogP contribution < -0.4 is 29.6 Å². The predicted octanol–water partition coefficient (Wildman–Crippen LogP) is 6.77. The summed E-state index contributed by atoms with van der Waals surface area (Å²) in [6.07, 6.45) is 4.22. The van der Waals surface area contributed by atoms with Crippen molar-refractivity contribution < 1.29 is 50.9 Å². The Kier molecular flexibility index (Phi) is 13.5. The molecule has 0 bridgehead atoms. The Balaban J connectivity index is 1.26. The highest BCUT2D eigenvalue weighted by atomic mass is 32.2. The first-order valence-corrected chi connectivity index (χ1v) is 24.0. The molecule has 4 aliphatic rings. The van der Waals surface area contributed by atoms with Crippen molar-refractivity contribution in [2.75, 3.05) is 20.3 Å². The lowest BCUT2D eigenvalue weighted by atomic mass is 9.88. The van der Waals surface area contributed by atoms with Gasteiger partial charge in [-0.3, -0.25) is 19.1 Å². The number of pyridine rings is 1. The Morgan fingerprint density at radius 2 is 1.74 bits per heavy atom. The fraction of sp³-hybridized carbons (Fsp3) is 0.562. The van der Waals surface area contributed by atoms with Gasteiger partial charge in [0, 0.05) is 35.4 Å². The van der Waals surface area contributed by atoms with Crippen LogP contribution in [0, 0.1) is 17.8 Å². The number of alkyl halides is 1. The first-order chi connectivity index (χ1) is 30.7. The van der Waals surface area contributed by atoms with Gasteiger partial charge >= 0.3 is 6.09 Å². The molecule has 2 aliphatic carbocycles. The number of amides is 4. The van der Waals surface area contributed by atoms with Crippen LogP contribution in [0.1, 0.15) is 93.4 Å². The quantitative estimate of drug-likeness (QED) is 0.172. The van der Waals surface area contributed by atoms with Crippen molar-refractivity contribution in [3.05, 3.63) is 60.7 Å². The molecule has 1 saturated heterocycles. The smallest absolute Gasteiger partial charge is 0.408 e. The maximum atomic E-state index is 15.1. The Morgan fingerprint density at radius 3 is 2.38 bits per heavy atom. The van der Waals surface area contributed by atoms with Crippen LogP contribution in [-0.2, 0) is 29.1 Å². The van der Waals surface area contributed by atoms with E-state index in [1.807, 2.05) is 63.3 Å². The molecule has 1 aromatic heterocycles. The van der Waals surface area contributed by atoms with Crippen LogP contribution in [0.5, 0.6) is 17.2 Å². The van der Waals surface area contributed by atoms with Gasteiger partial charge in [0.15, 0.2) is 0 Å². The molecule has 0 radical (unpaired) electrons. The molecule has 15 nitrogen and oxygen atoms in total. The molecule has 17 heteroatoms. The summed E-state index contributed by atoms with van der Waals surface area (Å²) in [6.45, 7) is 11.8. The van der Waals surface area contributed by atoms with Crippen LogP contribution in [0.3, 0.4) is 0 Å². The average Bonchev–Trinajstić information content (AvgIpc) is 4.14. The number of hydrogen-bond acceptors (Lipinski definition) is 11. The van der Waals surface area contributed by atoms with Crippen molar-refractivity contribution in [1.82, 2.24) is 25.2 Å². The van der Waals surface area contributed by atoms with Crippen LogP contribution in [-0.4, -0.2) is 103 Å². The molecule has 2 aromatic carbocycles. The fourth-order valence-corrected chi connectivity index (χ4v) is 10.3. The van der Waals surface area contributed by atoms with E-state index in [2.05, 4.69) is 22.3 Å². The number of hydrogen-bond donors (Lipinski definition) is 3. The zero-order valence-corrected chi connectivity index (χ0v) is 39.3. The lowest BCUT2D eigenvalue weighted by Gasteiger charge is -2.33. The molecule has 7 atom stereocenters. The number of rotatable bonds is 11. The van der Waals surface area contributed by atoms with Crippen molar-refractivity contribution in [3.63, 3.8) is 0 Å². The molecular weight excluding hydrogens is 858 g/mol. The molecule has 7 rings (SSSR count). The van der Waals surface area contributed by atoms with E-state index in [0.29, 0.717) is 53.1 Å². The molecule has 0 unspecified atom stereocenters. The van der Waals surface area contributed by atoms with Gasteiger partial charge in [-0.25, -0.2) is 22.6 Å². The molecule has 352 valence electrons. The van der Waals surface area contributed by atoms with E-state index in [1.165, 1.54) is 4.90 Å². The highest BCUT2D eigenvalue weighted by molar-refractivity contribution is 7.91. The number of nitrogens with zero attached hydrogens (tertiary/aromatic N) is 2. The van der Waals surface area contributed by atoms with Crippen LogP contribution in [0.2, 0.25) is 0 Å². The maximum Gasteiger partial charge on any atom is 0.408 e. The molecule has 3 fully saturated rings. The summed E-state index contributed by atoms with van der Waals surface area (Å²) in [5.41, 5.74) is -0.612. The minimum atomic E-state index is -4.42. The fourth-order valence-electron chi connectivity index (χ4n) is 8.89. The zero-order chi connectivity index (χ0) is 47.1. The lowest BCUT2D eigenvalue weighted by Crippen LogP contribution is -2.59. The van der Waals surface area contributed by atoms with Gasteiger partial charge in [0.1, 0.15) is 58.0 Å². The van der Waals surface area contributed by atoms with Gasteiger partial charge in [0.25, 0.3) is 5.91 Å². The minimum absolute atomic E-state index is 0.0134. The van der Waals surface area contributed by atoms with Gasteiger partial charge < -0.3 is 34.5 Å².